The van der Waals surface area contributed by atoms with Gasteiger partial charge in [0.1, 0.15) is 11.8 Å². The molecule has 0 N–H and O–H groups in total. The molecule has 8 nitrogen and oxygen atoms in total. The number of benzene rings is 3. The molecule has 1 atom stereocenters. The molecular formula is C28H26N2O6. The molecule has 0 radical (unpaired) electrons. The molecule has 1 fully saturated rings. The molecule has 8 heteroatoms. The molecule has 1 heterocycles. The third-order valence-electron chi connectivity index (χ3n) is 5.96. The maximum Gasteiger partial charge on any atom is 0.337 e. The maximum atomic E-state index is 13.4. The Balaban J connectivity index is 1.53. The summed E-state index contributed by atoms with van der Waals surface area (Å²) < 4.78 is 10.3. The van der Waals surface area contributed by atoms with Gasteiger partial charge in [-0.2, -0.15) is 0 Å². The van der Waals surface area contributed by atoms with Crippen LogP contribution in [-0.4, -0.2) is 54.9 Å². The van der Waals surface area contributed by atoms with Gasteiger partial charge in [-0.05, 0) is 48.4 Å². The number of methoxy groups -OCH3 is 1. The van der Waals surface area contributed by atoms with E-state index in [0.29, 0.717) is 23.4 Å². The summed E-state index contributed by atoms with van der Waals surface area (Å²) in [5.41, 5.74) is 1.64. The quantitative estimate of drug-likeness (QED) is 0.341. The van der Waals surface area contributed by atoms with Crippen LogP contribution in [0.15, 0.2) is 84.9 Å². The number of carbonyl (C=O) groups is 4. The first kappa shape index (κ1) is 24.7. The molecule has 3 aromatic rings. The van der Waals surface area contributed by atoms with Gasteiger partial charge in [-0.25, -0.2) is 9.69 Å². The molecule has 0 saturated carbocycles. The minimum Gasteiger partial charge on any atom is -0.484 e. The highest BCUT2D eigenvalue weighted by Crippen LogP contribution is 2.27. The Labute approximate surface area is 209 Å². The molecular weight excluding hydrogens is 460 g/mol. The van der Waals surface area contributed by atoms with E-state index >= 15 is 0 Å². The molecule has 0 spiro atoms. The summed E-state index contributed by atoms with van der Waals surface area (Å²) in [6.07, 6.45) is 0.382. The van der Waals surface area contributed by atoms with Gasteiger partial charge in [-0.1, -0.05) is 48.5 Å². The zero-order chi connectivity index (χ0) is 25.5. The Hall–Kier alpha value is -4.46. The van der Waals surface area contributed by atoms with Gasteiger partial charge >= 0.3 is 5.97 Å². The third kappa shape index (κ3) is 5.60. The molecule has 1 aliphatic heterocycles. The van der Waals surface area contributed by atoms with Gasteiger partial charge in [-0.15, -0.1) is 0 Å². The van der Waals surface area contributed by atoms with E-state index in [0.717, 1.165) is 10.5 Å². The second-order valence-corrected chi connectivity index (χ2v) is 8.25. The van der Waals surface area contributed by atoms with E-state index in [1.54, 1.807) is 24.3 Å². The van der Waals surface area contributed by atoms with Crippen LogP contribution in [0.3, 0.4) is 0 Å². The van der Waals surface area contributed by atoms with Crippen LogP contribution in [0.2, 0.25) is 0 Å². The van der Waals surface area contributed by atoms with Crippen molar-refractivity contribution < 1.29 is 28.7 Å². The number of hydrogen-bond acceptors (Lipinski definition) is 6. The third-order valence-corrected chi connectivity index (χ3v) is 5.96. The lowest BCUT2D eigenvalue weighted by molar-refractivity contribution is -0.140. The SMILES string of the molecule is COC(=O)c1ccc(N2C(=O)CC(N(CCc3ccccc3)C(=O)COc3ccccc3)C2=O)cc1. The number of esters is 1. The van der Waals surface area contributed by atoms with Gasteiger partial charge in [0, 0.05) is 6.54 Å². The van der Waals surface area contributed by atoms with Crippen molar-refractivity contribution in [3.05, 3.63) is 96.1 Å². The zero-order valence-electron chi connectivity index (χ0n) is 19.8. The topological polar surface area (TPSA) is 93.2 Å². The molecule has 0 bridgehead atoms. The van der Waals surface area contributed by atoms with E-state index in [9.17, 15) is 19.2 Å². The predicted molar refractivity (Wildman–Crippen MR) is 132 cm³/mol. The van der Waals surface area contributed by atoms with Crippen molar-refractivity contribution in [2.24, 2.45) is 0 Å². The van der Waals surface area contributed by atoms with E-state index < -0.39 is 23.8 Å². The number of imide groups is 1. The highest BCUT2D eigenvalue weighted by Gasteiger charge is 2.44. The standard InChI is InChI=1S/C28H26N2O6/c1-35-28(34)21-12-14-22(15-13-21)30-25(31)18-24(27(30)33)29(17-16-20-8-4-2-5-9-20)26(32)19-36-23-10-6-3-7-11-23/h2-15,24H,16-19H2,1H3. The maximum absolute atomic E-state index is 13.4. The van der Waals surface area contributed by atoms with Crippen molar-refractivity contribution in [2.45, 2.75) is 18.9 Å². The molecule has 1 aliphatic rings. The van der Waals surface area contributed by atoms with E-state index in [1.165, 1.54) is 36.3 Å². The summed E-state index contributed by atoms with van der Waals surface area (Å²) in [5, 5.41) is 0. The molecule has 3 aromatic carbocycles. The molecule has 1 unspecified atom stereocenters. The summed E-state index contributed by atoms with van der Waals surface area (Å²) >= 11 is 0. The van der Waals surface area contributed by atoms with Crippen LogP contribution in [0, 0.1) is 0 Å². The largest absolute Gasteiger partial charge is 0.484 e. The van der Waals surface area contributed by atoms with Crippen LogP contribution in [-0.2, 0) is 25.5 Å². The van der Waals surface area contributed by atoms with Crippen molar-refractivity contribution in [3.8, 4) is 5.75 Å². The van der Waals surface area contributed by atoms with Crippen LogP contribution >= 0.6 is 0 Å². The second kappa shape index (κ2) is 11.3. The smallest absolute Gasteiger partial charge is 0.337 e. The number of ether oxygens (including phenoxy) is 2. The summed E-state index contributed by atoms with van der Waals surface area (Å²) in [7, 11) is 1.27. The van der Waals surface area contributed by atoms with E-state index in [4.69, 9.17) is 9.47 Å². The Morgan fingerprint density at radius 2 is 1.56 bits per heavy atom. The Bertz CT molecular complexity index is 1230. The number of nitrogens with zero attached hydrogens (tertiary/aromatic N) is 2. The normalized spacial score (nSPS) is 15.0. The Morgan fingerprint density at radius 1 is 0.917 bits per heavy atom. The molecule has 184 valence electrons. The monoisotopic (exact) mass is 486 g/mol. The summed E-state index contributed by atoms with van der Waals surface area (Å²) in [4.78, 5) is 53.7. The summed E-state index contributed by atoms with van der Waals surface area (Å²) in [6.45, 7) is -0.00952. The lowest BCUT2D eigenvalue weighted by Crippen LogP contribution is -2.48. The fourth-order valence-electron chi connectivity index (χ4n) is 4.09. The molecule has 4 rings (SSSR count). The number of amides is 3. The van der Waals surface area contributed by atoms with E-state index in [-0.39, 0.29) is 25.5 Å². The average molecular weight is 487 g/mol. The van der Waals surface area contributed by atoms with Crippen molar-refractivity contribution in [1.82, 2.24) is 4.90 Å². The lowest BCUT2D eigenvalue weighted by Gasteiger charge is -2.28. The fraction of sp³-hybridized carbons (Fsp3) is 0.214. The van der Waals surface area contributed by atoms with Crippen LogP contribution in [0.25, 0.3) is 0 Å². The van der Waals surface area contributed by atoms with E-state index in [2.05, 4.69) is 0 Å². The van der Waals surface area contributed by atoms with Crippen LogP contribution in [0.1, 0.15) is 22.3 Å². The van der Waals surface area contributed by atoms with Gasteiger partial charge in [0.25, 0.3) is 11.8 Å². The Kier molecular flexibility index (Phi) is 7.75. The molecule has 0 aliphatic carbocycles. The van der Waals surface area contributed by atoms with Crippen molar-refractivity contribution in [3.63, 3.8) is 0 Å². The fourth-order valence-corrected chi connectivity index (χ4v) is 4.09. The van der Waals surface area contributed by atoms with Gasteiger partial charge < -0.3 is 14.4 Å². The van der Waals surface area contributed by atoms with Crippen LogP contribution < -0.4 is 9.64 Å². The Morgan fingerprint density at radius 3 is 2.19 bits per heavy atom. The number of para-hydroxylation sites is 1. The first-order valence-electron chi connectivity index (χ1n) is 11.5. The zero-order valence-corrected chi connectivity index (χ0v) is 19.8. The summed E-state index contributed by atoms with van der Waals surface area (Å²) in [5.74, 6) is -1.28. The minimum absolute atomic E-state index is 0.135. The summed E-state index contributed by atoms with van der Waals surface area (Å²) in [6, 6.07) is 23.6. The first-order chi connectivity index (χ1) is 17.5. The van der Waals surface area contributed by atoms with Gasteiger partial charge in [0.2, 0.25) is 5.91 Å². The van der Waals surface area contributed by atoms with Crippen molar-refractivity contribution in [1.29, 1.82) is 0 Å². The van der Waals surface area contributed by atoms with Crippen LogP contribution in [0.5, 0.6) is 5.75 Å². The van der Waals surface area contributed by atoms with Crippen LogP contribution in [0.4, 0.5) is 5.69 Å². The highest BCUT2D eigenvalue weighted by atomic mass is 16.5. The first-order valence-corrected chi connectivity index (χ1v) is 11.5. The van der Waals surface area contributed by atoms with Gasteiger partial charge in [0.15, 0.2) is 6.61 Å². The van der Waals surface area contributed by atoms with Gasteiger partial charge in [0.05, 0.1) is 24.8 Å². The molecule has 1 saturated heterocycles. The number of hydrogen-bond donors (Lipinski definition) is 0. The number of anilines is 1. The highest BCUT2D eigenvalue weighted by molar-refractivity contribution is 6.23. The van der Waals surface area contributed by atoms with E-state index in [1.807, 2.05) is 36.4 Å². The van der Waals surface area contributed by atoms with Crippen molar-refractivity contribution >= 4 is 29.4 Å². The lowest BCUT2D eigenvalue weighted by atomic mass is 10.1. The molecule has 36 heavy (non-hydrogen) atoms. The number of rotatable bonds is 9. The molecule has 0 aromatic heterocycles. The van der Waals surface area contributed by atoms with Crippen molar-refractivity contribution in [2.75, 3.05) is 25.2 Å². The number of carbonyl (C=O) groups excluding carboxylic acids is 4. The molecule has 3 amide bonds. The predicted octanol–water partition coefficient (Wildman–Crippen LogP) is 3.26. The minimum atomic E-state index is -0.951. The second-order valence-electron chi connectivity index (χ2n) is 8.25. The van der Waals surface area contributed by atoms with Gasteiger partial charge in [-0.3, -0.25) is 14.4 Å². The average Bonchev–Trinajstić information content (AvgIpc) is 3.21.